The Kier molecular flexibility index (Phi) is 5.10. The van der Waals surface area contributed by atoms with Gasteiger partial charge < -0.3 is 9.88 Å². The Morgan fingerprint density at radius 1 is 1.37 bits per heavy atom. The molecular weight excluding hydrogens is 304 g/mol. The first-order chi connectivity index (χ1) is 9.26. The number of halogens is 1. The zero-order valence-corrected chi connectivity index (χ0v) is 12.9. The second-order valence-corrected chi connectivity index (χ2v) is 5.31. The Balaban J connectivity index is 2.19. The molecule has 0 radical (unpaired) electrons. The summed E-state index contributed by atoms with van der Waals surface area (Å²) in [7, 11) is 1.96. The van der Waals surface area contributed by atoms with Crippen LogP contribution in [0.3, 0.4) is 0 Å². The number of nitrogens with one attached hydrogen (secondary N) is 1. The summed E-state index contributed by atoms with van der Waals surface area (Å²) < 4.78 is 3.24. The normalized spacial score (nSPS) is 12.6. The fourth-order valence-corrected chi connectivity index (χ4v) is 2.68. The first-order valence-corrected chi connectivity index (χ1v) is 7.33. The Bertz CT molecular complexity index is 524. The van der Waals surface area contributed by atoms with Crippen molar-refractivity contribution in [2.75, 3.05) is 7.05 Å². The van der Waals surface area contributed by atoms with Crippen molar-refractivity contribution >= 4 is 15.9 Å². The van der Waals surface area contributed by atoms with Crippen LogP contribution in [0.4, 0.5) is 0 Å². The van der Waals surface area contributed by atoms with Crippen LogP contribution in [0.2, 0.25) is 0 Å². The molecule has 0 aliphatic heterocycles. The van der Waals surface area contributed by atoms with Crippen molar-refractivity contribution in [1.29, 1.82) is 0 Å². The molecular formula is C14H19BrN4. The highest BCUT2D eigenvalue weighted by atomic mass is 79.9. The van der Waals surface area contributed by atoms with E-state index in [2.05, 4.69) is 42.7 Å². The molecule has 0 aliphatic carbocycles. The summed E-state index contributed by atoms with van der Waals surface area (Å²) in [6.45, 7) is 3.18. The van der Waals surface area contributed by atoms with E-state index in [1.807, 2.05) is 37.8 Å². The Morgan fingerprint density at radius 2 is 2.21 bits per heavy atom. The van der Waals surface area contributed by atoms with Crippen molar-refractivity contribution in [3.05, 3.63) is 46.7 Å². The second-order valence-electron chi connectivity index (χ2n) is 4.45. The lowest BCUT2D eigenvalue weighted by Gasteiger charge is -2.17. The number of likely N-dealkylation sites (N-methyl/N-ethyl adjacent to an activating group) is 1. The monoisotopic (exact) mass is 322 g/mol. The Morgan fingerprint density at radius 3 is 2.89 bits per heavy atom. The van der Waals surface area contributed by atoms with Crippen LogP contribution in [0.5, 0.6) is 0 Å². The lowest BCUT2D eigenvalue weighted by atomic mass is 10.1. The predicted molar refractivity (Wildman–Crippen MR) is 80.0 cm³/mol. The number of pyridine rings is 1. The number of hydrogen-bond acceptors (Lipinski definition) is 3. The van der Waals surface area contributed by atoms with Crippen molar-refractivity contribution < 1.29 is 0 Å². The van der Waals surface area contributed by atoms with Gasteiger partial charge in [-0.3, -0.25) is 4.98 Å². The van der Waals surface area contributed by atoms with Crippen LogP contribution < -0.4 is 5.32 Å². The van der Waals surface area contributed by atoms with Gasteiger partial charge in [0.1, 0.15) is 5.82 Å². The van der Waals surface area contributed by atoms with Crippen LogP contribution in [0.1, 0.15) is 30.9 Å². The summed E-state index contributed by atoms with van der Waals surface area (Å²) >= 11 is 3.56. The summed E-state index contributed by atoms with van der Waals surface area (Å²) in [6, 6.07) is 4.11. The number of rotatable bonds is 6. The van der Waals surface area contributed by atoms with E-state index >= 15 is 0 Å². The minimum absolute atomic E-state index is 0.161. The largest absolute Gasteiger partial charge is 0.335 e. The number of nitrogens with zero attached hydrogens (tertiary/aromatic N) is 3. The third-order valence-corrected chi connectivity index (χ3v) is 3.79. The van der Waals surface area contributed by atoms with Gasteiger partial charge in [0, 0.05) is 36.0 Å². The van der Waals surface area contributed by atoms with Crippen LogP contribution in [0.15, 0.2) is 35.2 Å². The van der Waals surface area contributed by atoms with Gasteiger partial charge in [0.2, 0.25) is 0 Å². The molecule has 0 fully saturated rings. The molecule has 1 unspecified atom stereocenters. The molecule has 102 valence electrons. The number of hydrogen-bond donors (Lipinski definition) is 1. The van der Waals surface area contributed by atoms with Crippen LogP contribution in [0, 0.1) is 0 Å². The fraction of sp³-hybridized carbons (Fsp3) is 0.429. The molecule has 0 aliphatic rings. The van der Waals surface area contributed by atoms with Crippen molar-refractivity contribution in [1.82, 2.24) is 19.9 Å². The van der Waals surface area contributed by atoms with Crippen LogP contribution in [-0.2, 0) is 13.0 Å². The van der Waals surface area contributed by atoms with E-state index in [9.17, 15) is 0 Å². The summed E-state index contributed by atoms with van der Waals surface area (Å²) in [5, 5.41) is 3.32. The summed E-state index contributed by atoms with van der Waals surface area (Å²) in [5.41, 5.74) is 1.02. The van der Waals surface area contributed by atoms with Crippen LogP contribution in [-0.4, -0.2) is 21.6 Å². The van der Waals surface area contributed by atoms with Gasteiger partial charge in [-0.1, -0.05) is 6.92 Å². The van der Waals surface area contributed by atoms with Crippen LogP contribution >= 0.6 is 15.9 Å². The molecule has 0 saturated carbocycles. The molecule has 0 amide bonds. The average Bonchev–Trinajstić information content (AvgIpc) is 2.85. The SMILES string of the molecule is CCCn1ccnc1CC(NC)c1ncccc1Br. The van der Waals surface area contributed by atoms with Gasteiger partial charge in [0.25, 0.3) is 0 Å². The highest BCUT2D eigenvalue weighted by Crippen LogP contribution is 2.23. The molecule has 2 rings (SSSR count). The Hall–Kier alpha value is -1.20. The van der Waals surface area contributed by atoms with E-state index in [0.717, 1.165) is 35.4 Å². The number of imidazole rings is 1. The maximum Gasteiger partial charge on any atom is 0.110 e. The summed E-state index contributed by atoms with van der Waals surface area (Å²) in [6.07, 6.45) is 7.67. The van der Waals surface area contributed by atoms with E-state index in [1.54, 1.807) is 0 Å². The first-order valence-electron chi connectivity index (χ1n) is 6.54. The standard InChI is InChI=1S/C14H19BrN4/c1-3-8-19-9-7-17-13(19)10-12(16-2)14-11(15)5-4-6-18-14/h4-7,9,12,16H,3,8,10H2,1-2H3. The van der Waals surface area contributed by atoms with Crippen molar-refractivity contribution in [3.8, 4) is 0 Å². The smallest absolute Gasteiger partial charge is 0.110 e. The van der Waals surface area contributed by atoms with Crippen molar-refractivity contribution in [3.63, 3.8) is 0 Å². The molecule has 1 N–H and O–H groups in total. The third-order valence-electron chi connectivity index (χ3n) is 3.12. The topological polar surface area (TPSA) is 42.7 Å². The van der Waals surface area contributed by atoms with Crippen LogP contribution in [0.25, 0.3) is 0 Å². The zero-order chi connectivity index (χ0) is 13.7. The molecule has 2 aromatic heterocycles. The first kappa shape index (κ1) is 14.2. The lowest BCUT2D eigenvalue weighted by Crippen LogP contribution is -2.22. The van der Waals surface area contributed by atoms with Gasteiger partial charge in [-0.2, -0.15) is 0 Å². The molecule has 1 atom stereocenters. The maximum atomic E-state index is 4.46. The maximum absolute atomic E-state index is 4.46. The molecule has 2 aromatic rings. The van der Waals surface area contributed by atoms with Gasteiger partial charge in [0.15, 0.2) is 0 Å². The van der Waals surface area contributed by atoms with E-state index < -0.39 is 0 Å². The molecule has 0 saturated heterocycles. The van der Waals surface area contributed by atoms with Gasteiger partial charge in [-0.25, -0.2) is 4.98 Å². The highest BCUT2D eigenvalue weighted by molar-refractivity contribution is 9.10. The van der Waals surface area contributed by atoms with Gasteiger partial charge in [0.05, 0.1) is 11.7 Å². The molecule has 2 heterocycles. The Labute approximate surface area is 122 Å². The minimum Gasteiger partial charge on any atom is -0.335 e. The van der Waals surface area contributed by atoms with Crippen molar-refractivity contribution in [2.45, 2.75) is 32.4 Å². The van der Waals surface area contributed by atoms with Crippen molar-refractivity contribution in [2.24, 2.45) is 0 Å². The quantitative estimate of drug-likeness (QED) is 0.889. The molecule has 0 aromatic carbocycles. The van der Waals surface area contributed by atoms with Gasteiger partial charge in [-0.05, 0) is 41.5 Å². The highest BCUT2D eigenvalue weighted by Gasteiger charge is 2.17. The zero-order valence-electron chi connectivity index (χ0n) is 11.3. The minimum atomic E-state index is 0.161. The number of aryl methyl sites for hydroxylation is 1. The van der Waals surface area contributed by atoms with E-state index in [4.69, 9.17) is 0 Å². The third kappa shape index (κ3) is 3.42. The predicted octanol–water partition coefficient (Wildman–Crippen LogP) is 2.95. The summed E-state index contributed by atoms with van der Waals surface area (Å²) in [5.74, 6) is 1.10. The average molecular weight is 323 g/mol. The van der Waals surface area contributed by atoms with E-state index in [1.165, 1.54) is 0 Å². The van der Waals surface area contributed by atoms with Gasteiger partial charge >= 0.3 is 0 Å². The molecule has 0 bridgehead atoms. The van der Waals surface area contributed by atoms with E-state index in [-0.39, 0.29) is 6.04 Å². The number of aromatic nitrogens is 3. The molecule has 4 nitrogen and oxygen atoms in total. The molecule has 0 spiro atoms. The molecule has 19 heavy (non-hydrogen) atoms. The lowest BCUT2D eigenvalue weighted by molar-refractivity contribution is 0.531. The fourth-order valence-electron chi connectivity index (χ4n) is 2.15. The van der Waals surface area contributed by atoms with Gasteiger partial charge in [-0.15, -0.1) is 0 Å². The second kappa shape index (κ2) is 6.82. The van der Waals surface area contributed by atoms with E-state index in [0.29, 0.717) is 0 Å². The summed E-state index contributed by atoms with van der Waals surface area (Å²) in [4.78, 5) is 8.92. The molecule has 5 heteroatoms.